The lowest BCUT2D eigenvalue weighted by Gasteiger charge is -2.38. The molecule has 3 saturated heterocycles. The summed E-state index contributed by atoms with van der Waals surface area (Å²) < 4.78 is 0. The molecule has 0 aromatic heterocycles. The highest BCUT2D eigenvalue weighted by Gasteiger charge is 2.59. The van der Waals surface area contributed by atoms with Crippen molar-refractivity contribution in [2.24, 2.45) is 11.1 Å². The molecular weight excluding hydrogens is 476 g/mol. The molecule has 3 heterocycles. The van der Waals surface area contributed by atoms with Crippen LogP contribution in [0.3, 0.4) is 0 Å². The lowest BCUT2D eigenvalue weighted by atomic mass is 9.76. The zero-order valence-corrected chi connectivity index (χ0v) is 21.3. The first kappa shape index (κ1) is 24.4. The molecule has 3 aliphatic heterocycles. The molecule has 2 unspecified atom stereocenters. The van der Waals surface area contributed by atoms with Crippen LogP contribution in [0.5, 0.6) is 0 Å². The van der Waals surface area contributed by atoms with Crippen molar-refractivity contribution in [1.82, 2.24) is 14.7 Å². The average Bonchev–Trinajstić information content (AvgIpc) is 3.54. The third-order valence-corrected chi connectivity index (χ3v) is 8.52. The molecule has 3 amide bonds. The summed E-state index contributed by atoms with van der Waals surface area (Å²) in [6.07, 6.45) is 1.28. The minimum Gasteiger partial charge on any atom is -0.368 e. The molecule has 0 bridgehead atoms. The highest BCUT2D eigenvalue weighted by atomic mass is 16.2. The quantitative estimate of drug-likeness (QED) is 0.393. The van der Waals surface area contributed by atoms with E-state index in [1.807, 2.05) is 59.5 Å². The molecular formula is C31H32N4O3. The van der Waals surface area contributed by atoms with Crippen molar-refractivity contribution in [3.8, 4) is 0 Å². The number of benzene rings is 3. The molecule has 3 aromatic rings. The molecule has 3 atom stereocenters. The van der Waals surface area contributed by atoms with Crippen molar-refractivity contribution in [2.45, 2.75) is 24.4 Å². The number of carbonyl (C=O) groups is 3. The standard InChI is InChI=1S/C31H32N4O3/c32-27(36)21-33-18-16-30(29(33)38)17-19-34(22-30)28(37)26-20-35(26)31(23-10-4-1-5-11-23,24-12-6-2-7-13-24)25-14-8-3-9-15-25/h1-15,26H,16-22H2,(H2,32,36)/t26?,30-,35?/m0/s1. The molecule has 0 radical (unpaired) electrons. The summed E-state index contributed by atoms with van der Waals surface area (Å²) in [6.45, 7) is 2.04. The third kappa shape index (κ3) is 3.89. The van der Waals surface area contributed by atoms with Gasteiger partial charge in [0.2, 0.25) is 17.7 Å². The van der Waals surface area contributed by atoms with Gasteiger partial charge >= 0.3 is 0 Å². The predicted molar refractivity (Wildman–Crippen MR) is 144 cm³/mol. The molecule has 0 aliphatic carbocycles. The molecule has 3 fully saturated rings. The van der Waals surface area contributed by atoms with E-state index in [9.17, 15) is 14.4 Å². The van der Waals surface area contributed by atoms with Crippen LogP contribution >= 0.6 is 0 Å². The first-order valence-corrected chi connectivity index (χ1v) is 13.3. The maximum absolute atomic E-state index is 13.9. The van der Waals surface area contributed by atoms with Gasteiger partial charge in [0.15, 0.2) is 0 Å². The molecule has 0 saturated carbocycles. The Kier molecular flexibility index (Phi) is 6.03. The summed E-state index contributed by atoms with van der Waals surface area (Å²) in [5.74, 6) is -0.490. The number of hydrogen-bond acceptors (Lipinski definition) is 4. The van der Waals surface area contributed by atoms with Crippen LogP contribution in [0, 0.1) is 5.41 Å². The smallest absolute Gasteiger partial charge is 0.241 e. The molecule has 7 nitrogen and oxygen atoms in total. The molecule has 194 valence electrons. The fraction of sp³-hybridized carbons (Fsp3) is 0.323. The Morgan fingerprint density at radius 1 is 0.816 bits per heavy atom. The zero-order chi connectivity index (χ0) is 26.3. The number of rotatable bonds is 7. The maximum Gasteiger partial charge on any atom is 0.241 e. The lowest BCUT2D eigenvalue weighted by molar-refractivity contribution is -0.139. The molecule has 3 aliphatic rings. The second kappa shape index (κ2) is 9.40. The topological polar surface area (TPSA) is 86.7 Å². The Morgan fingerprint density at radius 3 is 1.82 bits per heavy atom. The van der Waals surface area contributed by atoms with Gasteiger partial charge in [0.25, 0.3) is 0 Å². The van der Waals surface area contributed by atoms with E-state index in [-0.39, 0.29) is 24.4 Å². The molecule has 7 heteroatoms. The zero-order valence-electron chi connectivity index (χ0n) is 21.3. The van der Waals surface area contributed by atoms with E-state index in [4.69, 9.17) is 5.73 Å². The Balaban J connectivity index is 1.32. The second-order valence-electron chi connectivity index (χ2n) is 10.7. The monoisotopic (exact) mass is 508 g/mol. The first-order valence-electron chi connectivity index (χ1n) is 13.3. The van der Waals surface area contributed by atoms with Crippen LogP contribution in [0.15, 0.2) is 91.0 Å². The number of nitrogens with two attached hydrogens (primary N) is 1. The fourth-order valence-corrected chi connectivity index (χ4v) is 6.64. The van der Waals surface area contributed by atoms with Gasteiger partial charge in [-0.25, -0.2) is 0 Å². The van der Waals surface area contributed by atoms with Gasteiger partial charge in [-0.1, -0.05) is 91.0 Å². The van der Waals surface area contributed by atoms with Gasteiger partial charge in [-0.2, -0.15) is 0 Å². The molecule has 3 aromatic carbocycles. The van der Waals surface area contributed by atoms with Crippen LogP contribution in [0.1, 0.15) is 29.5 Å². The van der Waals surface area contributed by atoms with Crippen LogP contribution in [0.25, 0.3) is 0 Å². The molecule has 2 N–H and O–H groups in total. The van der Waals surface area contributed by atoms with Gasteiger partial charge in [-0.05, 0) is 29.5 Å². The summed E-state index contributed by atoms with van der Waals surface area (Å²) in [7, 11) is 0. The van der Waals surface area contributed by atoms with E-state index in [2.05, 4.69) is 41.3 Å². The van der Waals surface area contributed by atoms with Crippen LogP contribution < -0.4 is 5.73 Å². The van der Waals surface area contributed by atoms with E-state index < -0.39 is 16.9 Å². The predicted octanol–water partition coefficient (Wildman–Crippen LogP) is 2.60. The van der Waals surface area contributed by atoms with Crippen molar-refractivity contribution in [2.75, 3.05) is 32.7 Å². The maximum atomic E-state index is 13.9. The van der Waals surface area contributed by atoms with Crippen LogP contribution in [-0.2, 0) is 19.9 Å². The Morgan fingerprint density at radius 2 is 1.32 bits per heavy atom. The van der Waals surface area contributed by atoms with Gasteiger partial charge in [0, 0.05) is 26.2 Å². The Labute approximate surface area is 222 Å². The van der Waals surface area contributed by atoms with E-state index in [1.54, 1.807) is 4.90 Å². The number of primary amides is 1. The van der Waals surface area contributed by atoms with Gasteiger partial charge in [-0.3, -0.25) is 19.3 Å². The first-order chi connectivity index (χ1) is 18.5. The summed E-state index contributed by atoms with van der Waals surface area (Å²) in [6, 6.07) is 30.8. The van der Waals surface area contributed by atoms with Crippen molar-refractivity contribution in [3.63, 3.8) is 0 Å². The van der Waals surface area contributed by atoms with Crippen molar-refractivity contribution < 1.29 is 14.4 Å². The normalized spacial score (nSPS) is 24.7. The second-order valence-corrected chi connectivity index (χ2v) is 10.7. The van der Waals surface area contributed by atoms with E-state index >= 15 is 0 Å². The Bertz CT molecular complexity index is 1250. The largest absolute Gasteiger partial charge is 0.368 e. The number of carbonyl (C=O) groups excluding carboxylic acids is 3. The van der Waals surface area contributed by atoms with Crippen LogP contribution in [0.4, 0.5) is 0 Å². The molecule has 6 rings (SSSR count). The average molecular weight is 509 g/mol. The van der Waals surface area contributed by atoms with Crippen molar-refractivity contribution in [1.29, 1.82) is 0 Å². The fourth-order valence-electron chi connectivity index (χ4n) is 6.64. The summed E-state index contributed by atoms with van der Waals surface area (Å²) in [4.78, 5) is 44.2. The number of hydrogen-bond donors (Lipinski definition) is 1. The van der Waals surface area contributed by atoms with E-state index in [1.165, 1.54) is 0 Å². The summed E-state index contributed by atoms with van der Waals surface area (Å²) in [5, 5.41) is 0. The SMILES string of the molecule is NC(=O)CN1CC[C@@]2(CCN(C(=O)C3CN3C(c3ccccc3)(c3ccccc3)c3ccccc3)C2)C1=O. The number of likely N-dealkylation sites (tertiary alicyclic amines) is 2. The highest BCUT2D eigenvalue weighted by Crippen LogP contribution is 2.49. The van der Waals surface area contributed by atoms with Crippen molar-refractivity contribution in [3.05, 3.63) is 108 Å². The van der Waals surface area contributed by atoms with Crippen molar-refractivity contribution >= 4 is 17.7 Å². The van der Waals surface area contributed by atoms with Gasteiger partial charge < -0.3 is 15.5 Å². The minimum absolute atomic E-state index is 0.0496. The Hall–Kier alpha value is -3.97. The van der Waals surface area contributed by atoms with Gasteiger partial charge in [0.05, 0.1) is 17.5 Å². The molecule has 1 spiro atoms. The van der Waals surface area contributed by atoms with Crippen LogP contribution in [0.2, 0.25) is 0 Å². The van der Waals surface area contributed by atoms with Crippen LogP contribution in [-0.4, -0.2) is 71.2 Å². The van der Waals surface area contributed by atoms with E-state index in [0.29, 0.717) is 39.0 Å². The summed E-state index contributed by atoms with van der Waals surface area (Å²) in [5.41, 5.74) is 7.45. The van der Waals surface area contributed by atoms with Gasteiger partial charge in [-0.15, -0.1) is 0 Å². The number of amides is 3. The summed E-state index contributed by atoms with van der Waals surface area (Å²) >= 11 is 0. The van der Waals surface area contributed by atoms with E-state index in [0.717, 1.165) is 16.7 Å². The minimum atomic E-state index is -0.622. The highest BCUT2D eigenvalue weighted by molar-refractivity contribution is 5.91. The van der Waals surface area contributed by atoms with Gasteiger partial charge in [0.1, 0.15) is 6.04 Å². The molecule has 38 heavy (non-hydrogen) atoms. The lowest BCUT2D eigenvalue weighted by Crippen LogP contribution is -2.44. The third-order valence-electron chi connectivity index (χ3n) is 8.52. The number of nitrogens with zero attached hydrogens (tertiary/aromatic N) is 3.